The van der Waals surface area contributed by atoms with Gasteiger partial charge in [0.2, 0.25) is 0 Å². The molecule has 0 aromatic carbocycles. The van der Waals surface area contributed by atoms with Crippen LogP contribution in [0.15, 0.2) is 17.7 Å². The largest absolute Gasteiger partial charge is 0.376 e. The third kappa shape index (κ3) is 2.95. The Labute approximate surface area is 131 Å². The summed E-state index contributed by atoms with van der Waals surface area (Å²) in [5.74, 6) is -1.21. The van der Waals surface area contributed by atoms with Crippen molar-refractivity contribution in [3.05, 3.63) is 27.5 Å². The normalized spacial score (nSPS) is 24.2. The zero-order chi connectivity index (χ0) is 15.7. The second-order valence-electron chi connectivity index (χ2n) is 5.32. The molecule has 22 heavy (non-hydrogen) atoms. The average Bonchev–Trinajstić information content (AvgIpc) is 3.11. The van der Waals surface area contributed by atoms with Crippen LogP contribution in [0.1, 0.15) is 22.6 Å². The molecule has 0 saturated carbocycles. The Morgan fingerprint density at radius 3 is 2.86 bits per heavy atom. The number of rotatable bonds is 3. The van der Waals surface area contributed by atoms with Gasteiger partial charge in [0.05, 0.1) is 12.6 Å². The van der Waals surface area contributed by atoms with Gasteiger partial charge in [-0.2, -0.15) is 0 Å². The van der Waals surface area contributed by atoms with E-state index < -0.39 is 17.8 Å². The van der Waals surface area contributed by atoms with E-state index in [9.17, 15) is 14.4 Å². The van der Waals surface area contributed by atoms with E-state index in [2.05, 4.69) is 5.32 Å². The topological polar surface area (TPSA) is 75.7 Å². The summed E-state index contributed by atoms with van der Waals surface area (Å²) in [6, 6.07) is 3.08. The molecule has 3 rings (SSSR count). The number of ether oxygens (including phenoxy) is 1. The first-order chi connectivity index (χ1) is 10.5. The van der Waals surface area contributed by atoms with Gasteiger partial charge in [-0.25, -0.2) is 4.79 Å². The lowest BCUT2D eigenvalue weighted by molar-refractivity contribution is -0.131. The molecular weight excluding hydrogens is 304 g/mol. The highest BCUT2D eigenvalue weighted by molar-refractivity contribution is 7.12. The minimum atomic E-state index is -0.676. The quantitative estimate of drug-likeness (QED) is 0.679. The van der Waals surface area contributed by atoms with E-state index in [1.165, 1.54) is 17.4 Å². The maximum Gasteiger partial charge on any atom is 0.331 e. The molecule has 2 fully saturated rings. The number of hydrogen-bond donors (Lipinski definition) is 1. The first kappa shape index (κ1) is 14.9. The van der Waals surface area contributed by atoms with Crippen LogP contribution >= 0.6 is 11.3 Å². The monoisotopic (exact) mass is 320 g/mol. The van der Waals surface area contributed by atoms with Crippen molar-refractivity contribution < 1.29 is 19.1 Å². The average molecular weight is 320 g/mol. The number of amides is 4. The number of carbonyl (C=O) groups is 3. The second kappa shape index (κ2) is 6.02. The lowest BCUT2D eigenvalue weighted by atomic mass is 10.1. The number of urea groups is 1. The van der Waals surface area contributed by atoms with Crippen LogP contribution in [-0.4, -0.2) is 42.0 Å². The van der Waals surface area contributed by atoms with Gasteiger partial charge in [0.15, 0.2) is 0 Å². The van der Waals surface area contributed by atoms with Crippen LogP contribution in [0.25, 0.3) is 6.08 Å². The molecule has 3 heterocycles. The van der Waals surface area contributed by atoms with Crippen molar-refractivity contribution in [2.75, 3.05) is 13.2 Å². The zero-order valence-electron chi connectivity index (χ0n) is 12.1. The fraction of sp³-hybridized carbons (Fsp3) is 0.400. The first-order valence-electron chi connectivity index (χ1n) is 7.11. The summed E-state index contributed by atoms with van der Waals surface area (Å²) < 4.78 is 5.46. The highest BCUT2D eigenvalue weighted by Gasteiger charge is 2.37. The van der Waals surface area contributed by atoms with Gasteiger partial charge < -0.3 is 4.74 Å². The minimum Gasteiger partial charge on any atom is -0.376 e. The van der Waals surface area contributed by atoms with E-state index in [0.29, 0.717) is 6.61 Å². The van der Waals surface area contributed by atoms with Crippen molar-refractivity contribution in [1.82, 2.24) is 10.2 Å². The second-order valence-corrected chi connectivity index (χ2v) is 6.64. The van der Waals surface area contributed by atoms with Gasteiger partial charge in [-0.05, 0) is 38.0 Å². The first-order valence-corrected chi connectivity index (χ1v) is 7.93. The van der Waals surface area contributed by atoms with Crippen LogP contribution in [0, 0.1) is 6.92 Å². The van der Waals surface area contributed by atoms with Gasteiger partial charge in [-0.1, -0.05) is 0 Å². The number of thiophene rings is 1. The SMILES string of the molecule is Cc1ccc(/C=C2/C(=O)NC(=O)N(C[C@@H]3CCCO3)C2=O)s1. The summed E-state index contributed by atoms with van der Waals surface area (Å²) in [4.78, 5) is 39.3. The van der Waals surface area contributed by atoms with E-state index in [1.807, 2.05) is 19.1 Å². The number of barbiturate groups is 1. The van der Waals surface area contributed by atoms with Gasteiger partial charge in [0.25, 0.3) is 11.8 Å². The molecule has 116 valence electrons. The number of hydrogen-bond acceptors (Lipinski definition) is 5. The summed E-state index contributed by atoms with van der Waals surface area (Å²) >= 11 is 1.48. The molecule has 0 aliphatic carbocycles. The third-order valence-corrected chi connectivity index (χ3v) is 4.59. The van der Waals surface area contributed by atoms with Crippen molar-refractivity contribution >= 4 is 35.3 Å². The van der Waals surface area contributed by atoms with E-state index in [4.69, 9.17) is 4.74 Å². The van der Waals surface area contributed by atoms with Crippen molar-refractivity contribution in [3.8, 4) is 0 Å². The van der Waals surface area contributed by atoms with E-state index in [1.54, 1.807) is 0 Å². The molecule has 7 heteroatoms. The van der Waals surface area contributed by atoms with Crippen LogP contribution < -0.4 is 5.32 Å². The molecule has 0 spiro atoms. The molecule has 0 radical (unpaired) electrons. The Kier molecular flexibility index (Phi) is 4.08. The summed E-state index contributed by atoms with van der Waals surface area (Å²) in [6.07, 6.45) is 3.12. The lowest BCUT2D eigenvalue weighted by Gasteiger charge is -2.28. The maximum atomic E-state index is 12.5. The van der Waals surface area contributed by atoms with Gasteiger partial charge in [0.1, 0.15) is 5.57 Å². The standard InChI is InChI=1S/C15H16N2O4S/c1-9-4-5-11(22-9)7-12-13(18)16-15(20)17(14(12)19)8-10-3-2-6-21-10/h4-5,7,10H,2-3,6,8H2,1H3,(H,16,18,20)/b12-7-/t10-/m0/s1. The smallest absolute Gasteiger partial charge is 0.331 e. The number of imide groups is 2. The van der Waals surface area contributed by atoms with Crippen LogP contribution in [0.5, 0.6) is 0 Å². The predicted molar refractivity (Wildman–Crippen MR) is 81.3 cm³/mol. The molecule has 1 aromatic heterocycles. The Hall–Kier alpha value is -1.99. The predicted octanol–water partition coefficient (Wildman–Crippen LogP) is 1.70. The van der Waals surface area contributed by atoms with Gasteiger partial charge in [-0.15, -0.1) is 11.3 Å². The van der Waals surface area contributed by atoms with Crippen LogP contribution in [0.2, 0.25) is 0 Å². The molecular formula is C15H16N2O4S. The van der Waals surface area contributed by atoms with Gasteiger partial charge >= 0.3 is 6.03 Å². The van der Waals surface area contributed by atoms with E-state index >= 15 is 0 Å². The minimum absolute atomic E-state index is 0.0144. The Balaban J connectivity index is 1.83. The Bertz CT molecular complexity index is 658. The molecule has 1 atom stereocenters. The fourth-order valence-corrected chi connectivity index (χ4v) is 3.35. The van der Waals surface area contributed by atoms with E-state index in [0.717, 1.165) is 27.5 Å². The molecule has 6 nitrogen and oxygen atoms in total. The summed E-state index contributed by atoms with van der Waals surface area (Å²) in [7, 11) is 0. The summed E-state index contributed by atoms with van der Waals surface area (Å²) in [5.41, 5.74) is -0.0144. The number of aryl methyl sites for hydroxylation is 1. The van der Waals surface area contributed by atoms with Gasteiger partial charge in [-0.3, -0.25) is 19.8 Å². The molecule has 1 aromatic rings. The molecule has 2 aliphatic heterocycles. The van der Waals surface area contributed by atoms with Crippen LogP contribution in [0.4, 0.5) is 4.79 Å². The lowest BCUT2D eigenvalue weighted by Crippen LogP contribution is -2.55. The molecule has 0 unspecified atom stereocenters. The highest BCUT2D eigenvalue weighted by atomic mass is 32.1. The summed E-state index contributed by atoms with van der Waals surface area (Å²) in [5, 5.41) is 2.22. The summed E-state index contributed by atoms with van der Waals surface area (Å²) in [6.45, 7) is 2.77. The highest BCUT2D eigenvalue weighted by Crippen LogP contribution is 2.22. The Morgan fingerprint density at radius 2 is 2.23 bits per heavy atom. The van der Waals surface area contributed by atoms with Crippen molar-refractivity contribution in [3.63, 3.8) is 0 Å². The van der Waals surface area contributed by atoms with E-state index in [-0.39, 0.29) is 18.2 Å². The molecule has 0 bridgehead atoms. The van der Waals surface area contributed by atoms with Crippen molar-refractivity contribution in [1.29, 1.82) is 0 Å². The third-order valence-electron chi connectivity index (χ3n) is 3.64. The molecule has 4 amide bonds. The number of nitrogens with one attached hydrogen (secondary N) is 1. The number of nitrogens with zero attached hydrogens (tertiary/aromatic N) is 1. The van der Waals surface area contributed by atoms with Crippen LogP contribution in [0.3, 0.4) is 0 Å². The maximum absolute atomic E-state index is 12.5. The van der Waals surface area contributed by atoms with Gasteiger partial charge in [0, 0.05) is 16.4 Å². The number of carbonyl (C=O) groups excluding carboxylic acids is 3. The molecule has 2 saturated heterocycles. The fourth-order valence-electron chi connectivity index (χ4n) is 2.53. The van der Waals surface area contributed by atoms with Crippen LogP contribution in [-0.2, 0) is 14.3 Å². The molecule has 2 aliphatic rings. The molecule has 1 N–H and O–H groups in total. The zero-order valence-corrected chi connectivity index (χ0v) is 12.9. The Morgan fingerprint density at radius 1 is 1.41 bits per heavy atom. The van der Waals surface area contributed by atoms with Crippen molar-refractivity contribution in [2.45, 2.75) is 25.9 Å². The van der Waals surface area contributed by atoms with Crippen molar-refractivity contribution in [2.24, 2.45) is 0 Å².